The van der Waals surface area contributed by atoms with Gasteiger partial charge in [0.05, 0.1) is 6.54 Å². The van der Waals surface area contributed by atoms with Crippen molar-refractivity contribution in [2.24, 2.45) is 5.92 Å². The molecule has 0 unspecified atom stereocenters. The van der Waals surface area contributed by atoms with Gasteiger partial charge in [0.1, 0.15) is 12.4 Å². The lowest BCUT2D eigenvalue weighted by Gasteiger charge is -2.04. The van der Waals surface area contributed by atoms with E-state index in [2.05, 4.69) is 36.5 Å². The zero-order valence-corrected chi connectivity index (χ0v) is 13.3. The Morgan fingerprint density at radius 2 is 1.63 bits per heavy atom. The van der Waals surface area contributed by atoms with Gasteiger partial charge in [0, 0.05) is 6.42 Å². The van der Waals surface area contributed by atoms with Crippen LogP contribution >= 0.6 is 0 Å². The molecule has 0 radical (unpaired) electrons. The highest BCUT2D eigenvalue weighted by atomic mass is 15.0. The van der Waals surface area contributed by atoms with Crippen LogP contribution in [0.5, 0.6) is 0 Å². The Morgan fingerprint density at radius 1 is 1.00 bits per heavy atom. The second-order valence-corrected chi connectivity index (χ2v) is 6.10. The Kier molecular flexibility index (Phi) is 8.61. The number of nitrogens with one attached hydrogen (secondary N) is 1. The van der Waals surface area contributed by atoms with E-state index in [-0.39, 0.29) is 0 Å². The van der Waals surface area contributed by atoms with Gasteiger partial charge >= 0.3 is 0 Å². The third-order valence-corrected chi connectivity index (χ3v) is 3.89. The van der Waals surface area contributed by atoms with Crippen molar-refractivity contribution in [2.75, 3.05) is 0 Å². The van der Waals surface area contributed by atoms with E-state index in [0.29, 0.717) is 0 Å². The molecule has 1 N–H and O–H groups in total. The van der Waals surface area contributed by atoms with Crippen molar-refractivity contribution in [1.82, 2.24) is 4.98 Å². The van der Waals surface area contributed by atoms with Crippen molar-refractivity contribution in [3.05, 3.63) is 18.2 Å². The minimum absolute atomic E-state index is 0.881. The van der Waals surface area contributed by atoms with Gasteiger partial charge in [-0.1, -0.05) is 58.8 Å². The normalized spacial score (nSPS) is 11.4. The highest BCUT2D eigenvalue weighted by Crippen LogP contribution is 2.12. The molecule has 2 nitrogen and oxygen atoms in total. The van der Waals surface area contributed by atoms with Gasteiger partial charge in [0.25, 0.3) is 5.82 Å². The predicted octanol–water partition coefficient (Wildman–Crippen LogP) is 4.64. The molecule has 0 aliphatic rings. The van der Waals surface area contributed by atoms with Crippen molar-refractivity contribution in [2.45, 2.75) is 85.1 Å². The quantitative estimate of drug-likeness (QED) is 0.444. The zero-order chi connectivity index (χ0) is 13.9. The summed E-state index contributed by atoms with van der Waals surface area (Å²) in [6.07, 6.45) is 16.6. The first-order valence-corrected chi connectivity index (χ1v) is 8.29. The molecule has 0 fully saturated rings. The van der Waals surface area contributed by atoms with Crippen molar-refractivity contribution in [3.8, 4) is 0 Å². The highest BCUT2D eigenvalue weighted by Gasteiger charge is 2.07. The molecule has 110 valence electrons. The van der Waals surface area contributed by atoms with E-state index in [1.165, 1.54) is 63.6 Å². The van der Waals surface area contributed by atoms with Crippen LogP contribution in [0.1, 0.15) is 78.0 Å². The first-order valence-electron chi connectivity index (χ1n) is 8.29. The first-order chi connectivity index (χ1) is 9.24. The smallest absolute Gasteiger partial charge is 0.248 e. The van der Waals surface area contributed by atoms with E-state index in [9.17, 15) is 0 Å². The number of aromatic amines is 1. The highest BCUT2D eigenvalue weighted by molar-refractivity contribution is 4.77. The third kappa shape index (κ3) is 7.39. The molecule has 0 aliphatic carbocycles. The Hall–Kier alpha value is -0.790. The molecular weight excluding hydrogens is 232 g/mol. The number of imidazole rings is 1. The number of aromatic nitrogens is 2. The zero-order valence-electron chi connectivity index (χ0n) is 13.3. The number of aryl methyl sites for hydroxylation is 2. The number of nitrogens with zero attached hydrogens (tertiary/aromatic N) is 1. The molecule has 0 saturated heterocycles. The Balaban J connectivity index is 1.91. The summed E-state index contributed by atoms with van der Waals surface area (Å²) in [7, 11) is 0. The van der Waals surface area contributed by atoms with Crippen LogP contribution < -0.4 is 4.57 Å². The fraction of sp³-hybridized carbons (Fsp3) is 0.824. The van der Waals surface area contributed by atoms with Crippen molar-refractivity contribution in [3.63, 3.8) is 0 Å². The molecule has 0 spiro atoms. The van der Waals surface area contributed by atoms with E-state index in [0.717, 1.165) is 12.5 Å². The average Bonchev–Trinajstić information content (AvgIpc) is 2.84. The lowest BCUT2D eigenvalue weighted by Crippen LogP contribution is -2.34. The molecule has 1 heterocycles. The molecule has 0 saturated carbocycles. The van der Waals surface area contributed by atoms with Gasteiger partial charge in [-0.25, -0.2) is 9.55 Å². The number of hydrogen-bond acceptors (Lipinski definition) is 0. The van der Waals surface area contributed by atoms with Crippen LogP contribution in [0.3, 0.4) is 0 Å². The summed E-state index contributed by atoms with van der Waals surface area (Å²) in [6.45, 7) is 7.93. The summed E-state index contributed by atoms with van der Waals surface area (Å²) in [5.41, 5.74) is 0. The second kappa shape index (κ2) is 10.1. The average molecular weight is 265 g/mol. The monoisotopic (exact) mass is 265 g/mol. The SMILES string of the molecule is CC[n+]1cc[nH]c1CCCCCCCCCC(C)C. The Morgan fingerprint density at radius 3 is 2.26 bits per heavy atom. The van der Waals surface area contributed by atoms with E-state index in [1.54, 1.807) is 0 Å². The topological polar surface area (TPSA) is 19.7 Å². The lowest BCUT2D eigenvalue weighted by atomic mass is 10.0. The van der Waals surface area contributed by atoms with Crippen LogP contribution in [0.4, 0.5) is 0 Å². The summed E-state index contributed by atoms with van der Waals surface area (Å²) in [6, 6.07) is 0. The second-order valence-electron chi connectivity index (χ2n) is 6.10. The van der Waals surface area contributed by atoms with Crippen molar-refractivity contribution >= 4 is 0 Å². The van der Waals surface area contributed by atoms with Crippen LogP contribution in [0.25, 0.3) is 0 Å². The summed E-state index contributed by atoms with van der Waals surface area (Å²) >= 11 is 0. The van der Waals surface area contributed by atoms with Gasteiger partial charge in [-0.15, -0.1) is 0 Å². The van der Waals surface area contributed by atoms with Crippen LogP contribution in [-0.4, -0.2) is 4.98 Å². The first kappa shape index (κ1) is 16.3. The predicted molar refractivity (Wildman–Crippen MR) is 82.1 cm³/mol. The Bertz CT molecular complexity index is 315. The van der Waals surface area contributed by atoms with Crippen LogP contribution in [-0.2, 0) is 13.0 Å². The molecular formula is C17H33N2+. The van der Waals surface area contributed by atoms with Gasteiger partial charge < -0.3 is 0 Å². The van der Waals surface area contributed by atoms with Gasteiger partial charge in [-0.2, -0.15) is 0 Å². The molecule has 0 atom stereocenters. The molecule has 19 heavy (non-hydrogen) atoms. The minimum Gasteiger partial charge on any atom is -0.248 e. The fourth-order valence-electron chi connectivity index (χ4n) is 2.64. The van der Waals surface area contributed by atoms with Gasteiger partial charge in [0.15, 0.2) is 0 Å². The number of rotatable bonds is 11. The molecule has 0 bridgehead atoms. The van der Waals surface area contributed by atoms with Gasteiger partial charge in [-0.3, -0.25) is 0 Å². The maximum absolute atomic E-state index is 3.35. The number of unbranched alkanes of at least 4 members (excludes halogenated alkanes) is 6. The van der Waals surface area contributed by atoms with Crippen LogP contribution in [0.15, 0.2) is 12.4 Å². The summed E-state index contributed by atoms with van der Waals surface area (Å²) < 4.78 is 2.31. The number of hydrogen-bond donors (Lipinski definition) is 1. The molecule has 0 aromatic carbocycles. The van der Waals surface area contributed by atoms with Crippen molar-refractivity contribution in [1.29, 1.82) is 0 Å². The summed E-state index contributed by atoms with van der Waals surface area (Å²) in [4.78, 5) is 3.35. The standard InChI is InChI=1S/C17H32N2/c1-4-19-15-14-18-17(19)13-11-9-7-5-6-8-10-12-16(2)3/h14-16H,4-13H2,1-3H3/p+1. The molecule has 1 rings (SSSR count). The largest absolute Gasteiger partial charge is 0.254 e. The van der Waals surface area contributed by atoms with Crippen molar-refractivity contribution < 1.29 is 4.57 Å². The molecule has 1 aromatic heterocycles. The van der Waals surface area contributed by atoms with E-state index in [1.807, 2.05) is 6.20 Å². The lowest BCUT2D eigenvalue weighted by molar-refractivity contribution is -0.699. The van der Waals surface area contributed by atoms with Crippen LogP contribution in [0, 0.1) is 5.92 Å². The van der Waals surface area contributed by atoms with E-state index >= 15 is 0 Å². The molecule has 1 aromatic rings. The molecule has 2 heteroatoms. The third-order valence-electron chi connectivity index (χ3n) is 3.89. The molecule has 0 amide bonds. The summed E-state index contributed by atoms with van der Waals surface area (Å²) in [5.74, 6) is 2.27. The van der Waals surface area contributed by atoms with Crippen LogP contribution in [0.2, 0.25) is 0 Å². The fourth-order valence-corrected chi connectivity index (χ4v) is 2.64. The Labute approximate surface area is 119 Å². The van der Waals surface area contributed by atoms with E-state index < -0.39 is 0 Å². The van der Waals surface area contributed by atoms with E-state index in [4.69, 9.17) is 0 Å². The minimum atomic E-state index is 0.881. The van der Waals surface area contributed by atoms with Gasteiger partial charge in [0.2, 0.25) is 0 Å². The maximum atomic E-state index is 3.35. The van der Waals surface area contributed by atoms with Gasteiger partial charge in [-0.05, 0) is 19.3 Å². The number of H-pyrrole nitrogens is 1. The summed E-state index contributed by atoms with van der Waals surface area (Å²) in [5, 5.41) is 0. The molecule has 0 aliphatic heterocycles. The maximum Gasteiger partial charge on any atom is 0.254 e.